The highest BCUT2D eigenvalue weighted by molar-refractivity contribution is 9.11. The number of hydrogen-bond donors (Lipinski definition) is 1. The van der Waals surface area contributed by atoms with E-state index in [0.717, 1.165) is 11.3 Å². The Bertz CT molecular complexity index is 478. The van der Waals surface area contributed by atoms with E-state index in [4.69, 9.17) is 11.6 Å². The molecule has 1 unspecified atom stereocenters. The first kappa shape index (κ1) is 15.9. The van der Waals surface area contributed by atoms with Gasteiger partial charge in [0, 0.05) is 10.9 Å². The maximum atomic E-state index is 12.1. The molecule has 98 valence electrons. The fourth-order valence-electron chi connectivity index (χ4n) is 1.03. The molecule has 0 spiro atoms. The maximum Gasteiger partial charge on any atom is 0.250 e. The molecule has 0 saturated carbocycles. The van der Waals surface area contributed by atoms with Crippen LogP contribution in [0.15, 0.2) is 14.1 Å². The zero-order valence-corrected chi connectivity index (χ0v) is 14.8. The van der Waals surface area contributed by atoms with E-state index in [1.807, 2.05) is 13.8 Å². The summed E-state index contributed by atoms with van der Waals surface area (Å²) < 4.78 is 27.8. The SMILES string of the molecule is CCC(C)(CBr)NS(=O)(=O)c1cc(Cl)c(Br)s1. The van der Waals surface area contributed by atoms with Gasteiger partial charge in [0.1, 0.15) is 4.21 Å². The minimum absolute atomic E-state index is 0.218. The number of halogens is 3. The lowest BCUT2D eigenvalue weighted by Gasteiger charge is -2.26. The van der Waals surface area contributed by atoms with Crippen LogP contribution in [0.5, 0.6) is 0 Å². The van der Waals surface area contributed by atoms with Crippen molar-refractivity contribution in [2.45, 2.75) is 30.0 Å². The van der Waals surface area contributed by atoms with Crippen molar-refractivity contribution >= 4 is 64.8 Å². The van der Waals surface area contributed by atoms with Crippen LogP contribution >= 0.6 is 54.8 Å². The van der Waals surface area contributed by atoms with Gasteiger partial charge in [0.05, 0.1) is 8.81 Å². The van der Waals surface area contributed by atoms with Gasteiger partial charge >= 0.3 is 0 Å². The normalized spacial score (nSPS) is 15.8. The van der Waals surface area contributed by atoms with E-state index >= 15 is 0 Å². The first-order valence-corrected chi connectivity index (χ1v) is 9.38. The summed E-state index contributed by atoms with van der Waals surface area (Å²) in [6.07, 6.45) is 0.692. The third-order valence-corrected chi connectivity index (χ3v) is 8.17. The lowest BCUT2D eigenvalue weighted by molar-refractivity contribution is 0.450. The van der Waals surface area contributed by atoms with Gasteiger partial charge in [0.15, 0.2) is 0 Å². The molecule has 0 bridgehead atoms. The summed E-state index contributed by atoms with van der Waals surface area (Å²) in [6, 6.07) is 1.45. The summed E-state index contributed by atoms with van der Waals surface area (Å²) >= 11 is 13.5. The van der Waals surface area contributed by atoms with Gasteiger partial charge in [0.25, 0.3) is 10.0 Å². The largest absolute Gasteiger partial charge is 0.250 e. The number of rotatable bonds is 5. The lowest BCUT2D eigenvalue weighted by atomic mass is 10.0. The van der Waals surface area contributed by atoms with Gasteiger partial charge in [-0.05, 0) is 35.3 Å². The minimum Gasteiger partial charge on any atom is -0.206 e. The molecule has 0 saturated heterocycles. The van der Waals surface area contributed by atoms with Crippen LogP contribution in [0.1, 0.15) is 20.3 Å². The molecule has 8 heteroatoms. The number of sulfonamides is 1. The van der Waals surface area contributed by atoms with Crippen LogP contribution < -0.4 is 4.72 Å². The van der Waals surface area contributed by atoms with Crippen LogP contribution in [0.3, 0.4) is 0 Å². The minimum atomic E-state index is -3.52. The van der Waals surface area contributed by atoms with E-state index in [1.54, 1.807) is 0 Å². The van der Waals surface area contributed by atoms with Crippen molar-refractivity contribution in [3.8, 4) is 0 Å². The first-order valence-electron chi connectivity index (χ1n) is 4.79. The van der Waals surface area contributed by atoms with E-state index in [-0.39, 0.29) is 4.21 Å². The molecule has 17 heavy (non-hydrogen) atoms. The average Bonchev–Trinajstić information content (AvgIpc) is 2.59. The Kier molecular flexibility index (Phi) is 5.50. The van der Waals surface area contributed by atoms with Crippen molar-refractivity contribution in [1.29, 1.82) is 0 Å². The molecular formula is C9H12Br2ClNO2S2. The van der Waals surface area contributed by atoms with E-state index in [9.17, 15) is 8.42 Å². The van der Waals surface area contributed by atoms with Crippen LogP contribution in [0.2, 0.25) is 5.02 Å². The van der Waals surface area contributed by atoms with Crippen molar-refractivity contribution in [3.63, 3.8) is 0 Å². The van der Waals surface area contributed by atoms with Crippen molar-refractivity contribution in [3.05, 3.63) is 14.9 Å². The van der Waals surface area contributed by atoms with Gasteiger partial charge in [-0.3, -0.25) is 0 Å². The Morgan fingerprint density at radius 1 is 1.59 bits per heavy atom. The Morgan fingerprint density at radius 2 is 2.18 bits per heavy atom. The Labute approximate surface area is 127 Å². The number of nitrogens with one attached hydrogen (secondary N) is 1. The molecule has 1 aromatic rings. The molecule has 1 heterocycles. The summed E-state index contributed by atoms with van der Waals surface area (Å²) in [4.78, 5) is 0. The molecule has 0 aliphatic heterocycles. The smallest absolute Gasteiger partial charge is 0.206 e. The Hall–Kier alpha value is 0.860. The second-order valence-corrected chi connectivity index (χ2v) is 9.09. The van der Waals surface area contributed by atoms with Crippen LogP contribution in [0.25, 0.3) is 0 Å². The van der Waals surface area contributed by atoms with Gasteiger partial charge in [-0.15, -0.1) is 11.3 Å². The van der Waals surface area contributed by atoms with Crippen molar-refractivity contribution in [2.24, 2.45) is 0 Å². The second-order valence-electron chi connectivity index (χ2n) is 3.84. The van der Waals surface area contributed by atoms with Crippen LogP contribution in [-0.4, -0.2) is 19.3 Å². The summed E-state index contributed by atoms with van der Waals surface area (Å²) in [5.41, 5.74) is -0.498. The summed E-state index contributed by atoms with van der Waals surface area (Å²) in [5, 5.41) is 0.961. The third-order valence-electron chi connectivity index (χ3n) is 2.34. The molecule has 0 amide bonds. The summed E-state index contributed by atoms with van der Waals surface area (Å²) in [7, 11) is -3.52. The summed E-state index contributed by atoms with van der Waals surface area (Å²) in [5.74, 6) is 0. The van der Waals surface area contributed by atoms with Crippen LogP contribution in [0, 0.1) is 0 Å². The second kappa shape index (κ2) is 5.88. The Balaban J connectivity index is 3.04. The maximum absolute atomic E-state index is 12.1. The van der Waals surface area contributed by atoms with E-state index in [1.165, 1.54) is 6.07 Å². The predicted molar refractivity (Wildman–Crippen MR) is 79.8 cm³/mol. The lowest BCUT2D eigenvalue weighted by Crippen LogP contribution is -2.46. The zero-order chi connectivity index (χ0) is 13.3. The zero-order valence-electron chi connectivity index (χ0n) is 9.26. The third kappa shape index (κ3) is 3.91. The van der Waals surface area contributed by atoms with Crippen molar-refractivity contribution < 1.29 is 8.42 Å². The molecular weight excluding hydrogens is 413 g/mol. The van der Waals surface area contributed by atoms with Crippen LogP contribution in [-0.2, 0) is 10.0 Å². The number of alkyl halides is 1. The van der Waals surface area contributed by atoms with E-state index in [0.29, 0.717) is 20.6 Å². The van der Waals surface area contributed by atoms with Gasteiger partial charge in [-0.2, -0.15) is 0 Å². The monoisotopic (exact) mass is 423 g/mol. The summed E-state index contributed by atoms with van der Waals surface area (Å²) in [6.45, 7) is 3.78. The highest BCUT2D eigenvalue weighted by Gasteiger charge is 2.29. The molecule has 0 aliphatic carbocycles. The highest BCUT2D eigenvalue weighted by atomic mass is 79.9. The highest BCUT2D eigenvalue weighted by Crippen LogP contribution is 2.35. The molecule has 1 atom stereocenters. The number of hydrogen-bond acceptors (Lipinski definition) is 3. The van der Waals surface area contributed by atoms with Crippen LogP contribution in [0.4, 0.5) is 0 Å². The predicted octanol–water partition coefficient (Wildman–Crippen LogP) is 4.01. The number of thiophene rings is 1. The first-order chi connectivity index (χ1) is 7.74. The van der Waals surface area contributed by atoms with Gasteiger partial charge < -0.3 is 0 Å². The molecule has 0 radical (unpaired) electrons. The fourth-order valence-corrected chi connectivity index (χ4v) is 5.63. The van der Waals surface area contributed by atoms with Gasteiger partial charge in [-0.1, -0.05) is 34.5 Å². The van der Waals surface area contributed by atoms with Gasteiger partial charge in [0.2, 0.25) is 0 Å². The molecule has 3 nitrogen and oxygen atoms in total. The molecule has 0 fully saturated rings. The van der Waals surface area contributed by atoms with E-state index in [2.05, 4.69) is 36.6 Å². The van der Waals surface area contributed by atoms with Crippen molar-refractivity contribution in [2.75, 3.05) is 5.33 Å². The van der Waals surface area contributed by atoms with E-state index < -0.39 is 15.6 Å². The van der Waals surface area contributed by atoms with Crippen molar-refractivity contribution in [1.82, 2.24) is 4.72 Å². The fraction of sp³-hybridized carbons (Fsp3) is 0.556. The molecule has 1 aromatic heterocycles. The Morgan fingerprint density at radius 3 is 2.53 bits per heavy atom. The molecule has 1 N–H and O–H groups in total. The van der Waals surface area contributed by atoms with Gasteiger partial charge in [-0.25, -0.2) is 13.1 Å². The molecule has 1 rings (SSSR count). The molecule has 0 aromatic carbocycles. The topological polar surface area (TPSA) is 46.2 Å². The quantitative estimate of drug-likeness (QED) is 0.725. The molecule has 0 aliphatic rings. The average molecular weight is 426 g/mol. The standard InChI is InChI=1S/C9H12Br2ClNO2S2/c1-3-9(2,5-10)13-17(14,15)7-4-6(12)8(11)16-7/h4,13H,3,5H2,1-2H3.